The van der Waals surface area contributed by atoms with Crippen LogP contribution in [0.3, 0.4) is 0 Å². The second-order valence-corrected chi connectivity index (χ2v) is 4.60. The molecule has 0 bridgehead atoms. The Balaban J connectivity index is 2.04. The maximum atomic E-state index is 6.21. The molecular weight excluding hydrogens is 260 g/mol. The van der Waals surface area contributed by atoms with Crippen LogP contribution in [0.1, 0.15) is 5.56 Å². The van der Waals surface area contributed by atoms with E-state index in [1.165, 1.54) is 0 Å². The summed E-state index contributed by atoms with van der Waals surface area (Å²) in [6.45, 7) is 2.02. The molecule has 0 saturated carbocycles. The molecule has 0 aliphatic carbocycles. The number of aromatic nitrogens is 3. The van der Waals surface area contributed by atoms with Crippen LogP contribution in [0.15, 0.2) is 43.0 Å². The van der Waals surface area contributed by atoms with Crippen LogP contribution in [-0.4, -0.2) is 15.0 Å². The van der Waals surface area contributed by atoms with Crippen molar-refractivity contribution in [3.63, 3.8) is 0 Å². The van der Waals surface area contributed by atoms with Crippen molar-refractivity contribution in [3.05, 3.63) is 53.6 Å². The quantitative estimate of drug-likeness (QED) is 0.771. The SMILES string of the molecule is Cc1ccncc1Nc1cc(Cl)c2nccnc2c1. The van der Waals surface area contributed by atoms with E-state index in [4.69, 9.17) is 11.6 Å². The number of aryl methyl sites for hydroxylation is 1. The summed E-state index contributed by atoms with van der Waals surface area (Å²) in [5.41, 5.74) is 4.40. The van der Waals surface area contributed by atoms with Crippen LogP contribution in [0.2, 0.25) is 5.02 Å². The Kier molecular flexibility index (Phi) is 3.01. The molecule has 3 aromatic rings. The zero-order valence-corrected chi connectivity index (χ0v) is 11.0. The molecule has 19 heavy (non-hydrogen) atoms. The molecule has 2 aromatic heterocycles. The number of halogens is 1. The number of hydrogen-bond acceptors (Lipinski definition) is 4. The maximum absolute atomic E-state index is 6.21. The molecule has 2 heterocycles. The van der Waals surface area contributed by atoms with Gasteiger partial charge in [0, 0.05) is 24.3 Å². The van der Waals surface area contributed by atoms with Gasteiger partial charge in [0.15, 0.2) is 0 Å². The lowest BCUT2D eigenvalue weighted by Crippen LogP contribution is -1.95. The van der Waals surface area contributed by atoms with E-state index in [1.807, 2.05) is 25.1 Å². The van der Waals surface area contributed by atoms with Gasteiger partial charge in [-0.15, -0.1) is 0 Å². The highest BCUT2D eigenvalue weighted by atomic mass is 35.5. The van der Waals surface area contributed by atoms with Crippen LogP contribution in [-0.2, 0) is 0 Å². The lowest BCUT2D eigenvalue weighted by atomic mass is 10.2. The summed E-state index contributed by atoms with van der Waals surface area (Å²) >= 11 is 6.21. The van der Waals surface area contributed by atoms with Crippen LogP contribution < -0.4 is 5.32 Å². The molecule has 0 amide bonds. The molecule has 0 atom stereocenters. The minimum absolute atomic E-state index is 0.578. The summed E-state index contributed by atoms with van der Waals surface area (Å²) in [5.74, 6) is 0. The normalized spacial score (nSPS) is 10.6. The lowest BCUT2D eigenvalue weighted by Gasteiger charge is -2.10. The molecule has 0 spiro atoms. The largest absolute Gasteiger partial charge is 0.354 e. The summed E-state index contributed by atoms with van der Waals surface area (Å²) in [5, 5.41) is 3.87. The van der Waals surface area contributed by atoms with Crippen molar-refractivity contribution in [2.45, 2.75) is 6.92 Å². The molecule has 0 saturated heterocycles. The molecule has 0 aliphatic heterocycles. The summed E-state index contributed by atoms with van der Waals surface area (Å²) in [7, 11) is 0. The summed E-state index contributed by atoms with van der Waals surface area (Å²) in [6.07, 6.45) is 6.83. The van der Waals surface area contributed by atoms with Crippen molar-refractivity contribution in [1.82, 2.24) is 15.0 Å². The van der Waals surface area contributed by atoms with Gasteiger partial charge in [0.2, 0.25) is 0 Å². The van der Waals surface area contributed by atoms with Gasteiger partial charge in [-0.25, -0.2) is 0 Å². The molecule has 0 aliphatic rings. The summed E-state index contributed by atoms with van der Waals surface area (Å²) < 4.78 is 0. The van der Waals surface area contributed by atoms with Crippen molar-refractivity contribution in [1.29, 1.82) is 0 Å². The number of anilines is 2. The highest BCUT2D eigenvalue weighted by Crippen LogP contribution is 2.27. The highest BCUT2D eigenvalue weighted by molar-refractivity contribution is 6.35. The van der Waals surface area contributed by atoms with Gasteiger partial charge in [0.1, 0.15) is 5.52 Å². The molecule has 1 N–H and O–H groups in total. The van der Waals surface area contributed by atoms with E-state index in [9.17, 15) is 0 Å². The van der Waals surface area contributed by atoms with Crippen LogP contribution in [0.5, 0.6) is 0 Å². The maximum Gasteiger partial charge on any atom is 0.107 e. The number of benzene rings is 1. The molecule has 0 unspecified atom stereocenters. The predicted octanol–water partition coefficient (Wildman–Crippen LogP) is 3.73. The van der Waals surface area contributed by atoms with Crippen molar-refractivity contribution in [2.75, 3.05) is 5.32 Å². The minimum atomic E-state index is 0.578. The van der Waals surface area contributed by atoms with E-state index in [0.717, 1.165) is 22.5 Å². The molecule has 0 radical (unpaired) electrons. The fourth-order valence-electron chi connectivity index (χ4n) is 1.85. The minimum Gasteiger partial charge on any atom is -0.354 e. The van der Waals surface area contributed by atoms with Crippen molar-refractivity contribution < 1.29 is 0 Å². The first kappa shape index (κ1) is 11.9. The Morgan fingerprint density at radius 3 is 2.79 bits per heavy atom. The molecular formula is C14H11ClN4. The molecule has 4 nitrogen and oxygen atoms in total. The van der Waals surface area contributed by atoms with Crippen LogP contribution in [0.4, 0.5) is 11.4 Å². The van der Waals surface area contributed by atoms with Crippen LogP contribution in [0.25, 0.3) is 11.0 Å². The van der Waals surface area contributed by atoms with Gasteiger partial charge in [0.05, 0.1) is 22.4 Å². The average molecular weight is 271 g/mol. The monoisotopic (exact) mass is 270 g/mol. The Morgan fingerprint density at radius 2 is 1.95 bits per heavy atom. The second kappa shape index (κ2) is 4.82. The van der Waals surface area contributed by atoms with E-state index < -0.39 is 0 Å². The first-order valence-corrected chi connectivity index (χ1v) is 6.20. The molecule has 0 fully saturated rings. The Labute approximate surface area is 115 Å². The van der Waals surface area contributed by atoms with Crippen LogP contribution in [0, 0.1) is 6.92 Å². The summed E-state index contributed by atoms with van der Waals surface area (Å²) in [4.78, 5) is 12.6. The van der Waals surface area contributed by atoms with Gasteiger partial charge < -0.3 is 5.32 Å². The smallest absolute Gasteiger partial charge is 0.107 e. The number of fused-ring (bicyclic) bond motifs is 1. The standard InChI is InChI=1S/C14H11ClN4/c1-9-2-3-16-8-13(9)19-10-6-11(15)14-12(7-10)17-4-5-18-14/h2-8,19H,1H3. The topological polar surface area (TPSA) is 50.7 Å². The molecule has 1 aromatic carbocycles. The Morgan fingerprint density at radius 1 is 1.11 bits per heavy atom. The van der Waals surface area contributed by atoms with Crippen LogP contribution >= 0.6 is 11.6 Å². The third-order valence-electron chi connectivity index (χ3n) is 2.85. The van der Waals surface area contributed by atoms with Gasteiger partial charge in [0.25, 0.3) is 0 Å². The average Bonchev–Trinajstić information content (AvgIpc) is 2.42. The number of rotatable bonds is 2. The van der Waals surface area contributed by atoms with Gasteiger partial charge in [-0.05, 0) is 30.7 Å². The van der Waals surface area contributed by atoms with E-state index in [2.05, 4.69) is 20.3 Å². The molecule has 94 valence electrons. The zero-order chi connectivity index (χ0) is 13.2. The second-order valence-electron chi connectivity index (χ2n) is 4.20. The van der Waals surface area contributed by atoms with Gasteiger partial charge >= 0.3 is 0 Å². The number of nitrogens with zero attached hydrogens (tertiary/aromatic N) is 3. The van der Waals surface area contributed by atoms with Gasteiger partial charge in [-0.1, -0.05) is 11.6 Å². The van der Waals surface area contributed by atoms with E-state index in [0.29, 0.717) is 10.5 Å². The van der Waals surface area contributed by atoms with E-state index in [1.54, 1.807) is 24.8 Å². The van der Waals surface area contributed by atoms with Crippen molar-refractivity contribution >= 4 is 34.0 Å². The number of hydrogen-bond donors (Lipinski definition) is 1. The Bertz CT molecular complexity index is 742. The fourth-order valence-corrected chi connectivity index (χ4v) is 2.12. The zero-order valence-electron chi connectivity index (χ0n) is 10.3. The predicted molar refractivity (Wildman–Crippen MR) is 76.8 cm³/mol. The number of nitrogens with one attached hydrogen (secondary N) is 1. The van der Waals surface area contributed by atoms with Crippen molar-refractivity contribution in [3.8, 4) is 0 Å². The first-order chi connectivity index (χ1) is 9.24. The van der Waals surface area contributed by atoms with Gasteiger partial charge in [-0.3, -0.25) is 15.0 Å². The van der Waals surface area contributed by atoms with Gasteiger partial charge in [-0.2, -0.15) is 0 Å². The Hall–Kier alpha value is -2.20. The third kappa shape index (κ3) is 2.35. The third-order valence-corrected chi connectivity index (χ3v) is 3.13. The van der Waals surface area contributed by atoms with E-state index in [-0.39, 0.29) is 0 Å². The first-order valence-electron chi connectivity index (χ1n) is 5.82. The fraction of sp³-hybridized carbons (Fsp3) is 0.0714. The molecule has 3 rings (SSSR count). The van der Waals surface area contributed by atoms with E-state index >= 15 is 0 Å². The summed E-state index contributed by atoms with van der Waals surface area (Å²) in [6, 6.07) is 5.70. The van der Waals surface area contributed by atoms with Crippen molar-refractivity contribution in [2.24, 2.45) is 0 Å². The lowest BCUT2D eigenvalue weighted by molar-refractivity contribution is 1.27. The number of pyridine rings is 1. The highest BCUT2D eigenvalue weighted by Gasteiger charge is 2.05. The molecule has 5 heteroatoms.